The van der Waals surface area contributed by atoms with Crippen LogP contribution < -0.4 is 10.5 Å². The van der Waals surface area contributed by atoms with Gasteiger partial charge in [-0.15, -0.1) is 0 Å². The van der Waals surface area contributed by atoms with Gasteiger partial charge in [-0.25, -0.2) is 0 Å². The summed E-state index contributed by atoms with van der Waals surface area (Å²) in [6.07, 6.45) is 0.518. The SMILES string of the molecule is COc1cc(N)cc(/C(C)=N/OCCC(C)(C)O)c1. The van der Waals surface area contributed by atoms with Crippen molar-refractivity contribution >= 4 is 11.4 Å². The van der Waals surface area contributed by atoms with Crippen molar-refractivity contribution in [1.29, 1.82) is 0 Å². The predicted molar refractivity (Wildman–Crippen MR) is 76.5 cm³/mol. The molecule has 0 radical (unpaired) electrons. The number of oxime groups is 1. The van der Waals surface area contributed by atoms with Crippen LogP contribution in [0.1, 0.15) is 32.8 Å². The topological polar surface area (TPSA) is 77.1 Å². The molecule has 0 heterocycles. The molecule has 1 aromatic rings. The number of nitrogens with zero attached hydrogens (tertiary/aromatic N) is 1. The number of hydrogen-bond donors (Lipinski definition) is 2. The van der Waals surface area contributed by atoms with Gasteiger partial charge in [-0.05, 0) is 32.9 Å². The molecule has 106 valence electrons. The fourth-order valence-corrected chi connectivity index (χ4v) is 1.44. The third-order valence-corrected chi connectivity index (χ3v) is 2.59. The molecule has 0 amide bonds. The Kier molecular flexibility index (Phi) is 5.18. The number of nitrogens with two attached hydrogens (primary N) is 1. The molecule has 0 fully saturated rings. The molecule has 5 heteroatoms. The first kappa shape index (κ1) is 15.3. The number of methoxy groups -OCH3 is 1. The summed E-state index contributed by atoms with van der Waals surface area (Å²) in [7, 11) is 1.59. The summed E-state index contributed by atoms with van der Waals surface area (Å²) < 4.78 is 5.15. The fourth-order valence-electron chi connectivity index (χ4n) is 1.44. The highest BCUT2D eigenvalue weighted by atomic mass is 16.6. The first-order valence-corrected chi connectivity index (χ1v) is 6.16. The second kappa shape index (κ2) is 6.43. The summed E-state index contributed by atoms with van der Waals surface area (Å²) >= 11 is 0. The monoisotopic (exact) mass is 266 g/mol. The molecule has 0 unspecified atom stereocenters. The lowest BCUT2D eigenvalue weighted by molar-refractivity contribution is 0.0299. The van der Waals surface area contributed by atoms with Crippen molar-refractivity contribution < 1.29 is 14.7 Å². The minimum absolute atomic E-state index is 0.361. The number of anilines is 1. The summed E-state index contributed by atoms with van der Waals surface area (Å²) in [5.41, 5.74) is 7.20. The number of benzene rings is 1. The maximum Gasteiger partial charge on any atom is 0.121 e. The van der Waals surface area contributed by atoms with Crippen LogP contribution in [0.15, 0.2) is 23.4 Å². The van der Waals surface area contributed by atoms with Crippen LogP contribution in [0.4, 0.5) is 5.69 Å². The van der Waals surface area contributed by atoms with Gasteiger partial charge in [0.25, 0.3) is 0 Å². The van der Waals surface area contributed by atoms with Crippen molar-refractivity contribution in [1.82, 2.24) is 0 Å². The Hall–Kier alpha value is -1.75. The standard InChI is InChI=1S/C14H22N2O3/c1-10(16-19-6-5-14(2,3)17)11-7-12(15)9-13(8-11)18-4/h7-9,17H,5-6,15H2,1-4H3/b16-10+. The largest absolute Gasteiger partial charge is 0.497 e. The zero-order valence-corrected chi connectivity index (χ0v) is 11.9. The van der Waals surface area contributed by atoms with E-state index in [1.165, 1.54) is 0 Å². The molecule has 19 heavy (non-hydrogen) atoms. The van der Waals surface area contributed by atoms with Gasteiger partial charge in [0.15, 0.2) is 0 Å². The highest BCUT2D eigenvalue weighted by molar-refractivity contribution is 5.99. The number of rotatable bonds is 6. The van der Waals surface area contributed by atoms with E-state index in [0.29, 0.717) is 30.2 Å². The molecule has 0 spiro atoms. The maximum absolute atomic E-state index is 9.54. The van der Waals surface area contributed by atoms with Gasteiger partial charge in [0, 0.05) is 23.7 Å². The van der Waals surface area contributed by atoms with Crippen LogP contribution in [-0.4, -0.2) is 30.1 Å². The average Bonchev–Trinajstić information content (AvgIpc) is 2.32. The van der Waals surface area contributed by atoms with Gasteiger partial charge in [-0.2, -0.15) is 0 Å². The molecular formula is C14H22N2O3. The van der Waals surface area contributed by atoms with E-state index in [4.69, 9.17) is 15.3 Å². The van der Waals surface area contributed by atoms with Crippen molar-refractivity contribution in [3.05, 3.63) is 23.8 Å². The third-order valence-electron chi connectivity index (χ3n) is 2.59. The van der Waals surface area contributed by atoms with Crippen molar-refractivity contribution in [2.24, 2.45) is 5.16 Å². The van der Waals surface area contributed by atoms with E-state index >= 15 is 0 Å². The second-order valence-corrected chi connectivity index (χ2v) is 5.07. The van der Waals surface area contributed by atoms with Crippen LogP contribution >= 0.6 is 0 Å². The molecule has 0 bridgehead atoms. The van der Waals surface area contributed by atoms with Crippen LogP contribution in [-0.2, 0) is 4.84 Å². The minimum Gasteiger partial charge on any atom is -0.497 e. The highest BCUT2D eigenvalue weighted by Crippen LogP contribution is 2.19. The van der Waals surface area contributed by atoms with Crippen molar-refractivity contribution in [2.45, 2.75) is 32.8 Å². The normalized spacial score (nSPS) is 12.4. The van der Waals surface area contributed by atoms with Crippen LogP contribution in [0.2, 0.25) is 0 Å². The molecule has 0 aliphatic carbocycles. The lowest BCUT2D eigenvalue weighted by atomic mass is 10.1. The molecule has 0 aliphatic rings. The van der Waals surface area contributed by atoms with Crippen LogP contribution in [0.5, 0.6) is 5.75 Å². The summed E-state index contributed by atoms with van der Waals surface area (Å²) in [5, 5.41) is 13.6. The summed E-state index contributed by atoms with van der Waals surface area (Å²) in [6, 6.07) is 5.39. The Morgan fingerprint density at radius 2 is 2.05 bits per heavy atom. The predicted octanol–water partition coefficient (Wildman–Crippen LogP) is 2.18. The van der Waals surface area contributed by atoms with Crippen molar-refractivity contribution in [3.8, 4) is 5.75 Å². The molecule has 0 saturated carbocycles. The smallest absolute Gasteiger partial charge is 0.121 e. The maximum atomic E-state index is 9.54. The Balaban J connectivity index is 2.66. The molecule has 1 aromatic carbocycles. The zero-order chi connectivity index (χ0) is 14.5. The third kappa shape index (κ3) is 5.61. The molecule has 5 nitrogen and oxygen atoms in total. The first-order valence-electron chi connectivity index (χ1n) is 6.16. The summed E-state index contributed by atoms with van der Waals surface area (Å²) in [5.74, 6) is 0.682. The van der Waals surface area contributed by atoms with Crippen molar-refractivity contribution in [3.63, 3.8) is 0 Å². The van der Waals surface area contributed by atoms with E-state index in [1.807, 2.05) is 13.0 Å². The molecule has 0 aromatic heterocycles. The number of aliphatic hydroxyl groups is 1. The Morgan fingerprint density at radius 3 is 2.63 bits per heavy atom. The average molecular weight is 266 g/mol. The van der Waals surface area contributed by atoms with Crippen molar-refractivity contribution in [2.75, 3.05) is 19.5 Å². The van der Waals surface area contributed by atoms with Gasteiger partial charge in [-0.3, -0.25) is 0 Å². The van der Waals surface area contributed by atoms with E-state index in [-0.39, 0.29) is 0 Å². The van der Waals surface area contributed by atoms with Gasteiger partial charge < -0.3 is 20.4 Å². The van der Waals surface area contributed by atoms with E-state index in [0.717, 1.165) is 5.56 Å². The second-order valence-electron chi connectivity index (χ2n) is 5.07. The van der Waals surface area contributed by atoms with E-state index in [9.17, 15) is 5.11 Å². The van der Waals surface area contributed by atoms with Crippen LogP contribution in [0.25, 0.3) is 0 Å². The summed E-state index contributed by atoms with van der Waals surface area (Å²) in [6.45, 7) is 5.66. The van der Waals surface area contributed by atoms with E-state index < -0.39 is 5.60 Å². The van der Waals surface area contributed by atoms with Gasteiger partial charge in [-0.1, -0.05) is 5.16 Å². The Bertz CT molecular complexity index is 450. The number of ether oxygens (including phenoxy) is 1. The Morgan fingerprint density at radius 1 is 1.37 bits per heavy atom. The molecule has 0 saturated heterocycles. The van der Waals surface area contributed by atoms with E-state index in [1.54, 1.807) is 33.1 Å². The quantitative estimate of drug-likeness (QED) is 0.358. The van der Waals surface area contributed by atoms with Gasteiger partial charge >= 0.3 is 0 Å². The van der Waals surface area contributed by atoms with Gasteiger partial charge in [0.2, 0.25) is 0 Å². The zero-order valence-electron chi connectivity index (χ0n) is 11.9. The minimum atomic E-state index is -0.746. The molecule has 0 aliphatic heterocycles. The summed E-state index contributed by atoms with van der Waals surface area (Å²) in [4.78, 5) is 5.19. The first-order chi connectivity index (χ1) is 8.81. The molecule has 0 atom stereocenters. The lowest BCUT2D eigenvalue weighted by Crippen LogP contribution is -2.20. The molecule has 1 rings (SSSR count). The molecular weight excluding hydrogens is 244 g/mol. The van der Waals surface area contributed by atoms with E-state index in [2.05, 4.69) is 5.16 Å². The highest BCUT2D eigenvalue weighted by Gasteiger charge is 2.12. The molecule has 3 N–H and O–H groups in total. The Labute approximate surface area is 114 Å². The van der Waals surface area contributed by atoms with Gasteiger partial charge in [0.1, 0.15) is 12.4 Å². The number of hydrogen-bond acceptors (Lipinski definition) is 5. The lowest BCUT2D eigenvalue weighted by Gasteiger charge is -2.15. The fraction of sp³-hybridized carbons (Fsp3) is 0.500. The number of nitrogen functional groups attached to an aromatic ring is 1. The van der Waals surface area contributed by atoms with Crippen LogP contribution in [0.3, 0.4) is 0 Å². The van der Waals surface area contributed by atoms with Gasteiger partial charge in [0.05, 0.1) is 18.4 Å². The van der Waals surface area contributed by atoms with Crippen LogP contribution in [0, 0.1) is 0 Å².